The molecule has 1 saturated carbocycles. The second-order valence-electron chi connectivity index (χ2n) is 4.61. The van der Waals surface area contributed by atoms with E-state index in [4.69, 9.17) is 11.6 Å². The van der Waals surface area contributed by atoms with Crippen molar-refractivity contribution in [1.29, 1.82) is 0 Å². The number of carbonyl (C=O) groups excluding carboxylic acids is 1. The fourth-order valence-electron chi connectivity index (χ4n) is 2.06. The summed E-state index contributed by atoms with van der Waals surface area (Å²) in [6.07, 6.45) is 3.32. The second-order valence-corrected chi connectivity index (χ2v) is 5.01. The summed E-state index contributed by atoms with van der Waals surface area (Å²) in [6.45, 7) is 0. The maximum Gasteiger partial charge on any atom is 0.270 e. The molecule has 0 radical (unpaired) electrons. The number of carbonyl (C=O) groups is 1. The lowest BCUT2D eigenvalue weighted by molar-refractivity contribution is 0.0912. The smallest absolute Gasteiger partial charge is 0.270 e. The Hall–Kier alpha value is -1.61. The molecule has 18 heavy (non-hydrogen) atoms. The average molecular weight is 261 g/mol. The molecule has 1 N–H and O–H groups in total. The monoisotopic (exact) mass is 260 g/mol. The van der Waals surface area contributed by atoms with Crippen LogP contribution in [0.5, 0.6) is 0 Å². The van der Waals surface area contributed by atoms with Gasteiger partial charge in [0.15, 0.2) is 0 Å². The number of aromatic nitrogens is 1. The molecule has 0 aliphatic heterocycles. The zero-order chi connectivity index (χ0) is 12.5. The molecule has 1 aliphatic carbocycles. The van der Waals surface area contributed by atoms with E-state index in [0.29, 0.717) is 16.8 Å². The van der Waals surface area contributed by atoms with Gasteiger partial charge in [0, 0.05) is 11.4 Å². The largest absolute Gasteiger partial charge is 0.348 e. The molecule has 0 atom stereocenters. The van der Waals surface area contributed by atoms with Gasteiger partial charge in [0.1, 0.15) is 5.69 Å². The lowest BCUT2D eigenvalue weighted by Gasteiger charge is -2.26. The molecule has 2 aromatic rings. The second kappa shape index (κ2) is 4.58. The summed E-state index contributed by atoms with van der Waals surface area (Å²) in [4.78, 5) is 16.4. The first-order chi connectivity index (χ1) is 8.74. The fraction of sp³-hybridized carbons (Fsp3) is 0.286. The molecule has 92 valence electrons. The number of hydrogen-bond acceptors (Lipinski definition) is 2. The highest BCUT2D eigenvalue weighted by Gasteiger charge is 2.21. The molecule has 1 heterocycles. The Bertz CT molecular complexity index is 608. The third kappa shape index (κ3) is 2.06. The molecular weight excluding hydrogens is 248 g/mol. The van der Waals surface area contributed by atoms with Gasteiger partial charge in [0.25, 0.3) is 5.91 Å². The Balaban J connectivity index is 1.94. The summed E-state index contributed by atoms with van der Waals surface area (Å²) in [6, 6.07) is 9.50. The fourth-order valence-corrected chi connectivity index (χ4v) is 2.32. The van der Waals surface area contributed by atoms with Gasteiger partial charge in [0.05, 0.1) is 10.5 Å². The molecule has 1 aliphatic rings. The summed E-state index contributed by atoms with van der Waals surface area (Å²) in [5, 5.41) is 4.41. The van der Waals surface area contributed by atoms with Crippen molar-refractivity contribution in [2.24, 2.45) is 0 Å². The van der Waals surface area contributed by atoms with E-state index in [0.717, 1.165) is 23.7 Å². The van der Waals surface area contributed by atoms with E-state index in [1.54, 1.807) is 6.07 Å². The van der Waals surface area contributed by atoms with Crippen LogP contribution in [0.1, 0.15) is 29.8 Å². The molecule has 1 aromatic carbocycles. The van der Waals surface area contributed by atoms with Crippen LogP contribution in [0, 0.1) is 0 Å². The summed E-state index contributed by atoms with van der Waals surface area (Å²) >= 11 is 6.17. The van der Waals surface area contributed by atoms with E-state index in [9.17, 15) is 4.79 Å². The summed E-state index contributed by atoms with van der Waals surface area (Å²) in [7, 11) is 0. The number of rotatable bonds is 2. The van der Waals surface area contributed by atoms with Gasteiger partial charge in [-0.25, -0.2) is 4.98 Å². The lowest BCUT2D eigenvalue weighted by atomic mass is 9.93. The van der Waals surface area contributed by atoms with Gasteiger partial charge < -0.3 is 5.32 Å². The van der Waals surface area contributed by atoms with Crippen LogP contribution in [0.3, 0.4) is 0 Å². The van der Waals surface area contributed by atoms with Gasteiger partial charge in [-0.1, -0.05) is 29.8 Å². The van der Waals surface area contributed by atoms with E-state index in [1.807, 2.05) is 24.3 Å². The van der Waals surface area contributed by atoms with Crippen molar-refractivity contribution >= 4 is 28.4 Å². The quantitative estimate of drug-likeness (QED) is 0.901. The van der Waals surface area contributed by atoms with E-state index in [1.165, 1.54) is 6.42 Å². The molecule has 0 saturated heterocycles. The predicted octanol–water partition coefficient (Wildman–Crippen LogP) is 3.17. The number of nitrogens with one attached hydrogen (secondary N) is 1. The van der Waals surface area contributed by atoms with Gasteiger partial charge in [-0.15, -0.1) is 0 Å². The van der Waals surface area contributed by atoms with Crippen molar-refractivity contribution in [3.63, 3.8) is 0 Å². The Labute approximate surface area is 110 Å². The number of pyridine rings is 1. The van der Waals surface area contributed by atoms with Crippen molar-refractivity contribution in [2.75, 3.05) is 0 Å². The number of para-hydroxylation sites is 1. The number of hydrogen-bond donors (Lipinski definition) is 1. The van der Waals surface area contributed by atoms with E-state index < -0.39 is 0 Å². The first kappa shape index (κ1) is 11.5. The van der Waals surface area contributed by atoms with Gasteiger partial charge in [-0.3, -0.25) is 4.79 Å². The predicted molar refractivity (Wildman–Crippen MR) is 71.9 cm³/mol. The molecule has 0 bridgehead atoms. The zero-order valence-electron chi connectivity index (χ0n) is 9.82. The lowest BCUT2D eigenvalue weighted by Crippen LogP contribution is -2.39. The Morgan fingerprint density at radius 1 is 1.33 bits per heavy atom. The van der Waals surface area contributed by atoms with E-state index >= 15 is 0 Å². The highest BCUT2D eigenvalue weighted by atomic mass is 35.5. The molecule has 0 unspecified atom stereocenters. The van der Waals surface area contributed by atoms with Gasteiger partial charge in [0.2, 0.25) is 0 Å². The Morgan fingerprint density at radius 3 is 2.83 bits per heavy atom. The topological polar surface area (TPSA) is 42.0 Å². The van der Waals surface area contributed by atoms with Crippen LogP contribution in [0.2, 0.25) is 5.02 Å². The van der Waals surface area contributed by atoms with Crippen LogP contribution in [0.15, 0.2) is 30.3 Å². The molecule has 1 fully saturated rings. The average Bonchev–Trinajstić information content (AvgIpc) is 2.33. The minimum atomic E-state index is -0.132. The standard InChI is InChI=1S/C14H13ClN2O/c15-11-8-13(14(18)16-9-4-3-5-9)17-12-7-2-1-6-10(11)12/h1-2,6-9H,3-5H2,(H,16,18). The summed E-state index contributed by atoms with van der Waals surface area (Å²) < 4.78 is 0. The van der Waals surface area contributed by atoms with Crippen molar-refractivity contribution < 1.29 is 4.79 Å². The van der Waals surface area contributed by atoms with E-state index in [2.05, 4.69) is 10.3 Å². The SMILES string of the molecule is O=C(NC1CCC1)c1cc(Cl)c2ccccc2n1. The molecule has 3 nitrogen and oxygen atoms in total. The molecule has 3 rings (SSSR count). The molecule has 1 aromatic heterocycles. The number of benzene rings is 1. The zero-order valence-corrected chi connectivity index (χ0v) is 10.6. The van der Waals surface area contributed by atoms with Crippen molar-refractivity contribution in [2.45, 2.75) is 25.3 Å². The van der Waals surface area contributed by atoms with Crippen LogP contribution in [-0.4, -0.2) is 16.9 Å². The third-order valence-corrected chi connectivity index (χ3v) is 3.65. The maximum absolute atomic E-state index is 12.0. The van der Waals surface area contributed by atoms with Crippen LogP contribution >= 0.6 is 11.6 Å². The number of amides is 1. The Kier molecular flexibility index (Phi) is 2.92. The first-order valence-corrected chi connectivity index (χ1v) is 6.48. The molecule has 0 spiro atoms. The normalized spacial score (nSPS) is 15.4. The van der Waals surface area contributed by atoms with Crippen LogP contribution in [-0.2, 0) is 0 Å². The van der Waals surface area contributed by atoms with E-state index in [-0.39, 0.29) is 5.91 Å². The van der Waals surface area contributed by atoms with Gasteiger partial charge >= 0.3 is 0 Å². The highest BCUT2D eigenvalue weighted by molar-refractivity contribution is 6.35. The van der Waals surface area contributed by atoms with Crippen LogP contribution in [0.4, 0.5) is 0 Å². The molecular formula is C14H13ClN2O. The number of nitrogens with zero attached hydrogens (tertiary/aromatic N) is 1. The molecule has 4 heteroatoms. The van der Waals surface area contributed by atoms with Crippen LogP contribution < -0.4 is 5.32 Å². The Morgan fingerprint density at radius 2 is 2.11 bits per heavy atom. The maximum atomic E-state index is 12.0. The van der Waals surface area contributed by atoms with Crippen LogP contribution in [0.25, 0.3) is 10.9 Å². The van der Waals surface area contributed by atoms with Gasteiger partial charge in [-0.05, 0) is 31.4 Å². The van der Waals surface area contributed by atoms with Crippen molar-refractivity contribution in [1.82, 2.24) is 10.3 Å². The molecule has 1 amide bonds. The van der Waals surface area contributed by atoms with Gasteiger partial charge in [-0.2, -0.15) is 0 Å². The number of fused-ring (bicyclic) bond motifs is 1. The van der Waals surface area contributed by atoms with Crippen molar-refractivity contribution in [3.05, 3.63) is 41.0 Å². The summed E-state index contributed by atoms with van der Waals surface area (Å²) in [5.74, 6) is -0.132. The minimum Gasteiger partial charge on any atom is -0.348 e. The highest BCUT2D eigenvalue weighted by Crippen LogP contribution is 2.23. The summed E-state index contributed by atoms with van der Waals surface area (Å²) in [5.41, 5.74) is 1.15. The number of halogens is 1. The first-order valence-electron chi connectivity index (χ1n) is 6.10. The third-order valence-electron chi connectivity index (χ3n) is 3.34. The van der Waals surface area contributed by atoms with Crippen molar-refractivity contribution in [3.8, 4) is 0 Å². The minimum absolute atomic E-state index is 0.132.